The number of carboxylic acid groups (broad SMARTS) is 1. The van der Waals surface area contributed by atoms with Crippen molar-refractivity contribution in [2.45, 2.75) is 81.4 Å². The molecule has 25 nitrogen and oxygen atoms in total. The number of benzene rings is 9. The third-order valence-corrected chi connectivity index (χ3v) is 23.9. The number of aliphatic imine (C=N–C) groups is 3. The number of fused-ring (bicyclic) bond motifs is 3. The molecular formula is C85H93N10NaO15S3. The number of aromatic amines is 3. The zero-order chi connectivity index (χ0) is 79.9. The van der Waals surface area contributed by atoms with Crippen LogP contribution in [0.4, 0.5) is 17.1 Å². The second kappa shape index (κ2) is 40.2. The molecule has 0 saturated carbocycles. The van der Waals surface area contributed by atoms with Gasteiger partial charge >= 0.3 is 41.5 Å². The van der Waals surface area contributed by atoms with Crippen molar-refractivity contribution in [1.29, 1.82) is 0 Å². The number of aromatic nitrogens is 3. The first-order valence-electron chi connectivity index (χ1n) is 35.8. The van der Waals surface area contributed by atoms with Gasteiger partial charge in [-0.05, 0) is 147 Å². The van der Waals surface area contributed by atoms with Crippen LogP contribution in [-0.4, -0.2) is 181 Å². The minimum atomic E-state index is -3.73. The van der Waals surface area contributed by atoms with E-state index < -0.39 is 42.0 Å². The van der Waals surface area contributed by atoms with Gasteiger partial charge in [-0.2, -0.15) is 0 Å². The van der Waals surface area contributed by atoms with Crippen LogP contribution in [0.1, 0.15) is 131 Å². The number of carboxylic acids is 1. The number of hydrogen-bond donors (Lipinski definition) is 7. The zero-order valence-electron chi connectivity index (χ0n) is 64.3. The molecule has 0 bridgehead atoms. The van der Waals surface area contributed by atoms with Crippen molar-refractivity contribution >= 4 is 115 Å². The number of amides is 1. The third kappa shape index (κ3) is 20.9. The molecule has 12 aromatic rings. The van der Waals surface area contributed by atoms with Crippen molar-refractivity contribution in [3.63, 3.8) is 0 Å². The van der Waals surface area contributed by atoms with E-state index in [9.17, 15) is 60.1 Å². The Kier molecular flexibility index (Phi) is 31.9. The Labute approximate surface area is 686 Å². The Balaban J connectivity index is 0.000000234. The average molecular weight is 1610 g/mol. The number of nitrogens with one attached hydrogen (secondary N) is 3. The molecule has 3 aromatic heterocycles. The fraction of sp³-hybridized carbons (Fsp3) is 0.224. The van der Waals surface area contributed by atoms with E-state index in [4.69, 9.17) is 19.7 Å². The quantitative estimate of drug-likeness (QED) is 0.0143. The van der Waals surface area contributed by atoms with Crippen molar-refractivity contribution in [2.24, 2.45) is 15.0 Å². The molecule has 0 aliphatic carbocycles. The number of aromatic hydroxyl groups is 3. The Bertz CT molecular complexity index is 5780. The molecule has 0 aliphatic rings. The Morgan fingerprint density at radius 3 is 0.921 bits per heavy atom. The number of aromatic carboxylic acids is 1. The van der Waals surface area contributed by atoms with Gasteiger partial charge in [0, 0.05) is 110 Å². The molecule has 0 atom stereocenters. The number of rotatable bonds is 27. The Hall–Kier alpha value is -10.9. The predicted molar refractivity (Wildman–Crippen MR) is 444 cm³/mol. The fourth-order valence-electron chi connectivity index (χ4n) is 12.1. The van der Waals surface area contributed by atoms with Crippen LogP contribution < -0.4 is 29.6 Å². The largest absolute Gasteiger partial charge is 1.00 e. The summed E-state index contributed by atoms with van der Waals surface area (Å²) in [6, 6.07) is 61.6. The molecule has 0 fully saturated rings. The number of carbonyl (C=O) groups is 3. The number of ether oxygens (including phenoxy) is 1. The van der Waals surface area contributed by atoms with E-state index in [0.29, 0.717) is 120 Å². The fourth-order valence-corrected chi connectivity index (χ4v) is 15.8. The van der Waals surface area contributed by atoms with Gasteiger partial charge in [0.05, 0.1) is 83.8 Å². The van der Waals surface area contributed by atoms with Crippen molar-refractivity contribution in [1.82, 2.24) is 32.8 Å². The number of H-pyrrole nitrogens is 3. The number of hydrogen-bond acceptors (Lipinski definition) is 17. The van der Waals surface area contributed by atoms with Gasteiger partial charge in [-0.15, -0.1) is 0 Å². The molecule has 1 amide bonds. The predicted octanol–water partition coefficient (Wildman–Crippen LogP) is 13.0. The summed E-state index contributed by atoms with van der Waals surface area (Å²) >= 11 is 0. The SMILES string of the molecule is C.CCCCN(C)S(=O)(=O)c1ccc2[nH]c(O)c(C(=Nc3ccc(C(=O)N(C)C)cc3)c3ccccc3)c2c1.CCCCN(C)S(=O)(=O)c1ccc2[nH]c(O)c(C(=Nc3ccc(C(=O)O)cc3)c3ccccc3)c2c1.CCCCN(C)S(=O)(=O)c1ccc2[nH]c(O)c(C(=Nc3ccc(C(=O)OC)cc3)c3ccccc3)c2c1.[Na+].[OH-]. The Morgan fingerprint density at radius 2 is 0.667 bits per heavy atom. The summed E-state index contributed by atoms with van der Waals surface area (Å²) in [5.41, 5.74) is 9.01. The number of esters is 1. The van der Waals surface area contributed by atoms with Crippen LogP contribution in [0.5, 0.6) is 17.6 Å². The van der Waals surface area contributed by atoms with Gasteiger partial charge in [0.2, 0.25) is 30.1 Å². The van der Waals surface area contributed by atoms with Crippen LogP contribution in [0.25, 0.3) is 32.7 Å². The van der Waals surface area contributed by atoms with Crippen molar-refractivity contribution in [3.05, 3.63) is 268 Å². The van der Waals surface area contributed by atoms with Gasteiger partial charge in [-0.1, -0.05) is 138 Å². The number of unbranched alkanes of at least 4 members (excludes halogenated alkanes) is 3. The van der Waals surface area contributed by atoms with E-state index in [1.807, 2.05) is 112 Å². The molecule has 29 heteroatoms. The first kappa shape index (κ1) is 90.3. The molecule has 0 radical (unpaired) electrons. The number of nitrogens with zero attached hydrogens (tertiary/aromatic N) is 7. The van der Waals surface area contributed by atoms with E-state index in [1.54, 1.807) is 138 Å². The van der Waals surface area contributed by atoms with Crippen molar-refractivity contribution < 1.29 is 99.8 Å². The molecule has 114 heavy (non-hydrogen) atoms. The number of sulfonamides is 3. The average Bonchev–Trinajstić information content (AvgIpc) is 1.74. The summed E-state index contributed by atoms with van der Waals surface area (Å²) in [7, 11) is -1.76. The van der Waals surface area contributed by atoms with Gasteiger partial charge < -0.3 is 50.5 Å². The normalized spacial score (nSPS) is 12.0. The standard InChI is InChI=1S/C29H32N4O4S.C28H29N3O5S.C27H27N3O5S.CH4.Na.H2O/c1-5-6-18-33(4)38(36,37)23-16-17-25-24(19-23)26(28(34)31-25)27(20-10-8-7-9-11-20)30-22-14-12-21(13-15-22)29(35)32(2)3;1-4-5-17-31(2)37(34,35)22-15-16-24-23(18-22)25(27(32)30-24)26(19-9-7-6-8-10-19)29-21-13-11-20(12-14-21)28(33)36-3;1-3-4-16-30(2)36(34,35)21-14-15-23-22(17-21)24(26(31)29-23)25(18-8-6-5-7-9-18)28-20-12-10-19(11-13-20)27(32)33;;;/h7-17,19,31,34H,5-6,18H2,1-4H3;6-16,18,30,32H,4-5,17H2,1-3H3;5-15,17,29,31H,3-4,16H2,1-2H3,(H,32,33);1H4;;1H2/q;;;;+1;/p-1. The minimum absolute atomic E-state index is 0. The summed E-state index contributed by atoms with van der Waals surface area (Å²) in [5.74, 6) is -2.00. The second-order valence-electron chi connectivity index (χ2n) is 26.3. The third-order valence-electron chi connectivity index (χ3n) is 18.4. The van der Waals surface area contributed by atoms with Gasteiger partial charge in [-0.3, -0.25) is 4.79 Å². The van der Waals surface area contributed by atoms with Crippen LogP contribution in [0.2, 0.25) is 0 Å². The smallest absolute Gasteiger partial charge is 0.870 e. The van der Waals surface area contributed by atoms with Crippen LogP contribution in [-0.2, 0) is 34.8 Å². The maximum Gasteiger partial charge on any atom is 1.00 e. The molecule has 0 aliphatic heterocycles. The second-order valence-corrected chi connectivity index (χ2v) is 32.5. The van der Waals surface area contributed by atoms with Crippen LogP contribution >= 0.6 is 0 Å². The summed E-state index contributed by atoms with van der Waals surface area (Å²) in [5, 5.41) is 43.6. The van der Waals surface area contributed by atoms with Gasteiger partial charge in [0.1, 0.15) is 0 Å². The van der Waals surface area contributed by atoms with Gasteiger partial charge in [0.15, 0.2) is 17.6 Å². The summed E-state index contributed by atoms with van der Waals surface area (Å²) in [6.45, 7) is 7.27. The summed E-state index contributed by atoms with van der Waals surface area (Å²) in [4.78, 5) is 60.4. The van der Waals surface area contributed by atoms with Crippen LogP contribution in [0.15, 0.2) is 248 Å². The maximum atomic E-state index is 13.3. The van der Waals surface area contributed by atoms with E-state index in [1.165, 1.54) is 49.2 Å². The monoisotopic (exact) mass is 1610 g/mol. The zero-order valence-corrected chi connectivity index (χ0v) is 68.8. The molecule has 0 spiro atoms. The van der Waals surface area contributed by atoms with Crippen molar-refractivity contribution in [2.75, 3.05) is 62.0 Å². The van der Waals surface area contributed by atoms with Gasteiger partial charge in [0.25, 0.3) is 5.91 Å². The summed E-state index contributed by atoms with van der Waals surface area (Å²) < 4.78 is 88.2. The van der Waals surface area contributed by atoms with E-state index in [-0.39, 0.29) is 86.3 Å². The molecule has 0 saturated heterocycles. The van der Waals surface area contributed by atoms with Crippen molar-refractivity contribution in [3.8, 4) is 17.6 Å². The molecule has 8 N–H and O–H groups in total. The minimum Gasteiger partial charge on any atom is -0.870 e. The molecular weight excluding hydrogens is 1520 g/mol. The van der Waals surface area contributed by atoms with Gasteiger partial charge in [-0.25, -0.2) is 62.7 Å². The van der Waals surface area contributed by atoms with E-state index in [0.717, 1.165) is 49.7 Å². The number of methoxy groups -OCH3 is 1. The first-order chi connectivity index (χ1) is 53.1. The van der Waals surface area contributed by atoms with E-state index in [2.05, 4.69) is 15.0 Å². The molecule has 3 heterocycles. The summed E-state index contributed by atoms with van der Waals surface area (Å²) in [6.07, 6.45) is 4.91. The number of carbonyl (C=O) groups excluding carboxylic acids is 2. The molecule has 12 rings (SSSR count). The molecule has 0 unspecified atom stereocenters. The topological polar surface area (TPSA) is 371 Å². The first-order valence-corrected chi connectivity index (χ1v) is 40.1. The van der Waals surface area contributed by atoms with E-state index >= 15 is 0 Å². The van der Waals surface area contributed by atoms with Crippen LogP contribution in [0, 0.1) is 0 Å². The molecule has 9 aromatic carbocycles. The molecule has 592 valence electrons. The van der Waals surface area contributed by atoms with Crippen LogP contribution in [0.3, 0.4) is 0 Å². The Morgan fingerprint density at radius 1 is 0.395 bits per heavy atom. The maximum absolute atomic E-state index is 13.3.